The SMILES string of the molecule is CC[C@H](C)C(=O)N1CCN(S(=O)(=O)c2ccc(C)cc2C)CC1. The van der Waals surface area contributed by atoms with E-state index >= 15 is 0 Å². The third-order valence-corrected chi connectivity index (χ3v) is 6.59. The largest absolute Gasteiger partial charge is 0.340 e. The molecule has 1 amide bonds. The van der Waals surface area contributed by atoms with Crippen LogP contribution in [0.1, 0.15) is 31.4 Å². The van der Waals surface area contributed by atoms with Crippen molar-refractivity contribution in [1.82, 2.24) is 9.21 Å². The summed E-state index contributed by atoms with van der Waals surface area (Å²) in [7, 11) is -3.49. The fourth-order valence-corrected chi connectivity index (χ4v) is 4.49. The maximum Gasteiger partial charge on any atom is 0.243 e. The third kappa shape index (κ3) is 3.75. The van der Waals surface area contributed by atoms with Gasteiger partial charge in [0.05, 0.1) is 4.90 Å². The van der Waals surface area contributed by atoms with Crippen LogP contribution in [0.25, 0.3) is 0 Å². The van der Waals surface area contributed by atoms with Gasteiger partial charge >= 0.3 is 0 Å². The number of amides is 1. The number of carbonyl (C=O) groups excluding carboxylic acids is 1. The van der Waals surface area contributed by atoms with E-state index in [2.05, 4.69) is 0 Å². The monoisotopic (exact) mass is 338 g/mol. The average molecular weight is 338 g/mol. The topological polar surface area (TPSA) is 57.7 Å². The van der Waals surface area contributed by atoms with E-state index in [0.29, 0.717) is 31.1 Å². The van der Waals surface area contributed by atoms with Gasteiger partial charge in [-0.1, -0.05) is 31.5 Å². The summed E-state index contributed by atoms with van der Waals surface area (Å²) >= 11 is 0. The molecule has 0 spiro atoms. The van der Waals surface area contributed by atoms with Gasteiger partial charge in [0.1, 0.15) is 0 Å². The van der Waals surface area contributed by atoms with Gasteiger partial charge < -0.3 is 4.90 Å². The molecule has 0 unspecified atom stereocenters. The molecule has 5 nitrogen and oxygen atoms in total. The molecule has 1 aromatic carbocycles. The molecule has 1 fully saturated rings. The smallest absolute Gasteiger partial charge is 0.243 e. The van der Waals surface area contributed by atoms with E-state index in [1.807, 2.05) is 39.8 Å². The van der Waals surface area contributed by atoms with E-state index in [1.165, 1.54) is 4.31 Å². The molecule has 23 heavy (non-hydrogen) atoms. The van der Waals surface area contributed by atoms with Crippen LogP contribution in [0.5, 0.6) is 0 Å². The quantitative estimate of drug-likeness (QED) is 0.845. The molecule has 0 aliphatic carbocycles. The second kappa shape index (κ2) is 7.01. The highest BCUT2D eigenvalue weighted by Crippen LogP contribution is 2.22. The van der Waals surface area contributed by atoms with Crippen molar-refractivity contribution in [1.29, 1.82) is 0 Å². The van der Waals surface area contributed by atoms with E-state index in [0.717, 1.165) is 17.5 Å². The van der Waals surface area contributed by atoms with E-state index < -0.39 is 10.0 Å². The molecule has 1 atom stereocenters. The fraction of sp³-hybridized carbons (Fsp3) is 0.588. The summed E-state index contributed by atoms with van der Waals surface area (Å²) in [5.41, 5.74) is 1.81. The molecule has 2 rings (SSSR count). The van der Waals surface area contributed by atoms with Gasteiger partial charge in [-0.05, 0) is 31.9 Å². The summed E-state index contributed by atoms with van der Waals surface area (Å²) in [4.78, 5) is 14.4. The van der Waals surface area contributed by atoms with Gasteiger partial charge in [0.25, 0.3) is 0 Å². The lowest BCUT2D eigenvalue weighted by Gasteiger charge is -2.35. The van der Waals surface area contributed by atoms with Crippen LogP contribution < -0.4 is 0 Å². The second-order valence-corrected chi connectivity index (χ2v) is 8.21. The van der Waals surface area contributed by atoms with E-state index in [9.17, 15) is 13.2 Å². The minimum Gasteiger partial charge on any atom is -0.340 e. The van der Waals surface area contributed by atoms with Crippen molar-refractivity contribution >= 4 is 15.9 Å². The van der Waals surface area contributed by atoms with Crippen molar-refractivity contribution in [3.05, 3.63) is 29.3 Å². The summed E-state index contributed by atoms with van der Waals surface area (Å²) in [5, 5.41) is 0. The van der Waals surface area contributed by atoms with E-state index in [4.69, 9.17) is 0 Å². The zero-order valence-electron chi connectivity index (χ0n) is 14.4. The molecule has 0 radical (unpaired) electrons. The van der Waals surface area contributed by atoms with Crippen molar-refractivity contribution in [2.45, 2.75) is 39.0 Å². The van der Waals surface area contributed by atoms with Crippen LogP contribution in [0.2, 0.25) is 0 Å². The molecule has 0 aromatic heterocycles. The number of sulfonamides is 1. The van der Waals surface area contributed by atoms with Crippen molar-refractivity contribution in [3.63, 3.8) is 0 Å². The van der Waals surface area contributed by atoms with Crippen LogP contribution in [0.3, 0.4) is 0 Å². The Morgan fingerprint density at radius 3 is 2.30 bits per heavy atom. The predicted molar refractivity (Wildman–Crippen MR) is 90.7 cm³/mol. The van der Waals surface area contributed by atoms with E-state index in [1.54, 1.807) is 11.0 Å². The maximum absolute atomic E-state index is 12.8. The number of nitrogens with zero attached hydrogens (tertiary/aromatic N) is 2. The zero-order chi connectivity index (χ0) is 17.2. The lowest BCUT2D eigenvalue weighted by atomic mass is 10.1. The Kier molecular flexibility index (Phi) is 5.47. The van der Waals surface area contributed by atoms with Crippen molar-refractivity contribution in [3.8, 4) is 0 Å². The Morgan fingerprint density at radius 1 is 1.17 bits per heavy atom. The molecule has 0 bridgehead atoms. The Balaban J connectivity index is 2.11. The molecule has 1 aliphatic rings. The number of hydrogen-bond acceptors (Lipinski definition) is 3. The van der Waals surface area contributed by atoms with Gasteiger partial charge in [-0.25, -0.2) is 8.42 Å². The Labute approximate surface area is 139 Å². The Morgan fingerprint density at radius 2 is 1.78 bits per heavy atom. The molecule has 1 saturated heterocycles. The summed E-state index contributed by atoms with van der Waals surface area (Å²) in [6.45, 7) is 9.33. The molecule has 6 heteroatoms. The highest BCUT2D eigenvalue weighted by atomic mass is 32.2. The normalized spacial score (nSPS) is 18.0. The summed E-state index contributed by atoms with van der Waals surface area (Å²) in [6, 6.07) is 5.38. The number of carbonyl (C=O) groups is 1. The molecular weight excluding hydrogens is 312 g/mol. The molecule has 1 aromatic rings. The highest BCUT2D eigenvalue weighted by molar-refractivity contribution is 7.89. The van der Waals surface area contributed by atoms with Crippen LogP contribution in [0.4, 0.5) is 0 Å². The summed E-state index contributed by atoms with van der Waals surface area (Å²) in [6.07, 6.45) is 0.805. The van der Waals surface area contributed by atoms with Crippen LogP contribution >= 0.6 is 0 Å². The highest BCUT2D eigenvalue weighted by Gasteiger charge is 2.31. The first-order chi connectivity index (χ1) is 10.8. The third-order valence-electron chi connectivity index (χ3n) is 4.53. The minimum absolute atomic E-state index is 0.00231. The van der Waals surface area contributed by atoms with Crippen molar-refractivity contribution in [2.75, 3.05) is 26.2 Å². The van der Waals surface area contributed by atoms with Gasteiger partial charge in [0.15, 0.2) is 0 Å². The Hall–Kier alpha value is -1.40. The second-order valence-electron chi connectivity index (χ2n) is 6.31. The minimum atomic E-state index is -3.49. The van der Waals surface area contributed by atoms with E-state index in [-0.39, 0.29) is 11.8 Å². The lowest BCUT2D eigenvalue weighted by Crippen LogP contribution is -2.51. The molecule has 1 heterocycles. The lowest BCUT2D eigenvalue weighted by molar-refractivity contribution is -0.136. The Bertz CT molecular complexity index is 677. The standard InChI is InChI=1S/C17H26N2O3S/c1-5-14(3)17(20)18-8-10-19(11-9-18)23(21,22)16-7-6-13(2)12-15(16)4/h6-7,12,14H,5,8-11H2,1-4H3/t14-/m0/s1. The van der Waals surface area contributed by atoms with Crippen LogP contribution in [-0.4, -0.2) is 49.7 Å². The number of rotatable bonds is 4. The molecular formula is C17H26N2O3S. The first-order valence-electron chi connectivity index (χ1n) is 8.13. The number of benzene rings is 1. The number of piperazine rings is 1. The number of aryl methyl sites for hydroxylation is 2. The first kappa shape index (κ1) is 17.9. The predicted octanol–water partition coefficient (Wildman–Crippen LogP) is 2.18. The number of hydrogen-bond donors (Lipinski definition) is 0. The zero-order valence-corrected chi connectivity index (χ0v) is 15.2. The van der Waals surface area contributed by atoms with Crippen LogP contribution in [-0.2, 0) is 14.8 Å². The summed E-state index contributed by atoms with van der Waals surface area (Å²) in [5.74, 6) is 0.119. The van der Waals surface area contributed by atoms with Gasteiger partial charge in [-0.3, -0.25) is 4.79 Å². The van der Waals surface area contributed by atoms with Gasteiger partial charge in [0, 0.05) is 32.1 Å². The van der Waals surface area contributed by atoms with Gasteiger partial charge in [-0.15, -0.1) is 0 Å². The average Bonchev–Trinajstić information content (AvgIpc) is 2.53. The van der Waals surface area contributed by atoms with Gasteiger partial charge in [-0.2, -0.15) is 4.31 Å². The van der Waals surface area contributed by atoms with Crippen molar-refractivity contribution in [2.24, 2.45) is 5.92 Å². The van der Waals surface area contributed by atoms with Crippen LogP contribution in [0.15, 0.2) is 23.1 Å². The molecule has 0 saturated carbocycles. The molecule has 1 aliphatic heterocycles. The molecule has 128 valence electrons. The van der Waals surface area contributed by atoms with Crippen molar-refractivity contribution < 1.29 is 13.2 Å². The summed E-state index contributed by atoms with van der Waals surface area (Å²) < 4.78 is 27.1. The maximum atomic E-state index is 12.8. The van der Waals surface area contributed by atoms with Crippen LogP contribution in [0, 0.1) is 19.8 Å². The van der Waals surface area contributed by atoms with Gasteiger partial charge in [0.2, 0.25) is 15.9 Å². The fourth-order valence-electron chi connectivity index (χ4n) is 2.86. The molecule has 0 N–H and O–H groups in total. The first-order valence-corrected chi connectivity index (χ1v) is 9.57.